The molecule has 3 N–H and O–H groups in total. The molecular formula is C22H30N2O4. The summed E-state index contributed by atoms with van der Waals surface area (Å²) in [5.74, 6) is 1.37. The highest BCUT2D eigenvalue weighted by Gasteiger charge is 2.13. The van der Waals surface area contributed by atoms with E-state index < -0.39 is 6.10 Å². The first-order valence-electron chi connectivity index (χ1n) is 9.65. The van der Waals surface area contributed by atoms with Gasteiger partial charge in [-0.05, 0) is 56.5 Å². The van der Waals surface area contributed by atoms with Crippen molar-refractivity contribution in [2.24, 2.45) is 0 Å². The van der Waals surface area contributed by atoms with Crippen molar-refractivity contribution < 1.29 is 19.4 Å². The third-order valence-corrected chi connectivity index (χ3v) is 4.33. The van der Waals surface area contributed by atoms with Crippen LogP contribution in [0, 0.1) is 0 Å². The van der Waals surface area contributed by atoms with Gasteiger partial charge in [-0.2, -0.15) is 0 Å². The quantitative estimate of drug-likeness (QED) is 0.606. The third-order valence-electron chi connectivity index (χ3n) is 4.33. The van der Waals surface area contributed by atoms with E-state index in [1.807, 2.05) is 63.2 Å². The number of hydrogen-bond donors (Lipinski definition) is 3. The number of urea groups is 1. The fraction of sp³-hybridized carbons (Fsp3) is 0.409. The zero-order valence-corrected chi connectivity index (χ0v) is 17.0. The maximum Gasteiger partial charge on any atom is 0.315 e. The van der Waals surface area contributed by atoms with Crippen LogP contribution >= 0.6 is 0 Å². The smallest absolute Gasteiger partial charge is 0.315 e. The molecule has 0 aliphatic carbocycles. The van der Waals surface area contributed by atoms with E-state index in [-0.39, 0.29) is 12.1 Å². The van der Waals surface area contributed by atoms with Gasteiger partial charge >= 0.3 is 6.03 Å². The Kier molecular flexibility index (Phi) is 8.14. The monoisotopic (exact) mass is 386 g/mol. The predicted molar refractivity (Wildman–Crippen MR) is 110 cm³/mol. The van der Waals surface area contributed by atoms with Crippen LogP contribution in [-0.4, -0.2) is 24.4 Å². The number of hydrogen-bond acceptors (Lipinski definition) is 4. The zero-order valence-electron chi connectivity index (χ0n) is 17.0. The number of ether oxygens (including phenoxy) is 2. The van der Waals surface area contributed by atoms with E-state index in [2.05, 4.69) is 10.6 Å². The van der Waals surface area contributed by atoms with Gasteiger partial charge in [-0.1, -0.05) is 30.3 Å². The molecule has 0 fully saturated rings. The summed E-state index contributed by atoms with van der Waals surface area (Å²) in [4.78, 5) is 12.2. The van der Waals surface area contributed by atoms with Crippen molar-refractivity contribution >= 4 is 6.03 Å². The molecule has 2 amide bonds. The lowest BCUT2D eigenvalue weighted by molar-refractivity contribution is 0.199. The largest absolute Gasteiger partial charge is 0.490 e. The molecule has 0 bridgehead atoms. The van der Waals surface area contributed by atoms with Crippen molar-refractivity contribution in [3.05, 3.63) is 59.2 Å². The lowest BCUT2D eigenvalue weighted by atomic mass is 10.1. The molecule has 2 aromatic rings. The SMILES string of the molecule is CCOc1ccc([C@H](C)NC(=O)NCc2ccc([C@@H](C)O)cc2)cc1OCC. The number of carbonyl (C=O) groups excluding carboxylic acids is 1. The van der Waals surface area contributed by atoms with E-state index >= 15 is 0 Å². The fourth-order valence-electron chi connectivity index (χ4n) is 2.76. The van der Waals surface area contributed by atoms with E-state index in [0.29, 0.717) is 31.3 Å². The Morgan fingerprint density at radius 1 is 0.964 bits per heavy atom. The van der Waals surface area contributed by atoms with Gasteiger partial charge in [0.1, 0.15) is 0 Å². The number of nitrogens with one attached hydrogen (secondary N) is 2. The number of rotatable bonds is 9. The summed E-state index contributed by atoms with van der Waals surface area (Å²) in [6.07, 6.45) is -0.498. The van der Waals surface area contributed by atoms with Crippen molar-refractivity contribution in [1.29, 1.82) is 0 Å². The second-order valence-corrected chi connectivity index (χ2v) is 6.54. The van der Waals surface area contributed by atoms with Gasteiger partial charge in [0.05, 0.1) is 25.4 Å². The van der Waals surface area contributed by atoms with Gasteiger partial charge in [-0.25, -0.2) is 4.79 Å². The lowest BCUT2D eigenvalue weighted by Gasteiger charge is -2.18. The Morgan fingerprint density at radius 2 is 1.57 bits per heavy atom. The Hall–Kier alpha value is -2.73. The number of benzene rings is 2. The highest BCUT2D eigenvalue weighted by Crippen LogP contribution is 2.30. The number of aliphatic hydroxyl groups excluding tert-OH is 1. The molecule has 0 aliphatic rings. The molecule has 0 radical (unpaired) electrons. The third kappa shape index (κ3) is 6.16. The minimum absolute atomic E-state index is 0.188. The van der Waals surface area contributed by atoms with E-state index in [0.717, 1.165) is 16.7 Å². The van der Waals surface area contributed by atoms with Gasteiger partial charge in [0, 0.05) is 6.54 Å². The Morgan fingerprint density at radius 3 is 2.18 bits per heavy atom. The van der Waals surface area contributed by atoms with Gasteiger partial charge in [-0.15, -0.1) is 0 Å². The second kappa shape index (κ2) is 10.6. The van der Waals surface area contributed by atoms with Crippen LogP contribution in [0.4, 0.5) is 4.79 Å². The average molecular weight is 386 g/mol. The van der Waals surface area contributed by atoms with Gasteiger partial charge in [0.15, 0.2) is 11.5 Å². The molecule has 2 rings (SSSR count). The topological polar surface area (TPSA) is 79.8 Å². The molecule has 6 heteroatoms. The van der Waals surface area contributed by atoms with Crippen molar-refractivity contribution in [3.8, 4) is 11.5 Å². The van der Waals surface area contributed by atoms with Gasteiger partial charge < -0.3 is 25.2 Å². The summed E-state index contributed by atoms with van der Waals surface area (Å²) in [5.41, 5.74) is 2.75. The van der Waals surface area contributed by atoms with Gasteiger partial charge in [0.25, 0.3) is 0 Å². The molecule has 152 valence electrons. The number of aliphatic hydroxyl groups is 1. The van der Waals surface area contributed by atoms with Crippen molar-refractivity contribution in [1.82, 2.24) is 10.6 Å². The normalized spacial score (nSPS) is 12.8. The molecule has 2 atom stereocenters. The summed E-state index contributed by atoms with van der Waals surface area (Å²) in [6.45, 7) is 9.00. The highest BCUT2D eigenvalue weighted by atomic mass is 16.5. The minimum atomic E-state index is -0.498. The maximum absolute atomic E-state index is 12.2. The predicted octanol–water partition coefficient (Wildman–Crippen LogP) is 4.10. The molecular weight excluding hydrogens is 356 g/mol. The van der Waals surface area contributed by atoms with Gasteiger partial charge in [0.2, 0.25) is 0 Å². The fourth-order valence-corrected chi connectivity index (χ4v) is 2.76. The summed E-state index contributed by atoms with van der Waals surface area (Å²) >= 11 is 0. The molecule has 0 heterocycles. The van der Waals surface area contributed by atoms with E-state index in [9.17, 15) is 9.90 Å². The van der Waals surface area contributed by atoms with Crippen LogP contribution in [-0.2, 0) is 6.54 Å². The van der Waals surface area contributed by atoms with Crippen LogP contribution in [0.2, 0.25) is 0 Å². The molecule has 28 heavy (non-hydrogen) atoms. The van der Waals surface area contributed by atoms with Gasteiger partial charge in [-0.3, -0.25) is 0 Å². The summed E-state index contributed by atoms with van der Waals surface area (Å²) < 4.78 is 11.2. The molecule has 0 aromatic heterocycles. The molecule has 0 saturated heterocycles. The lowest BCUT2D eigenvalue weighted by Crippen LogP contribution is -2.36. The summed E-state index contributed by atoms with van der Waals surface area (Å²) in [7, 11) is 0. The van der Waals surface area contributed by atoms with Crippen LogP contribution in [0.3, 0.4) is 0 Å². The first-order chi connectivity index (χ1) is 13.4. The summed E-state index contributed by atoms with van der Waals surface area (Å²) in [6, 6.07) is 12.8. The van der Waals surface area contributed by atoms with E-state index in [4.69, 9.17) is 9.47 Å². The first kappa shape index (κ1) is 21.6. The number of carbonyl (C=O) groups is 1. The zero-order chi connectivity index (χ0) is 20.5. The highest BCUT2D eigenvalue weighted by molar-refractivity contribution is 5.74. The molecule has 6 nitrogen and oxygen atoms in total. The second-order valence-electron chi connectivity index (χ2n) is 6.54. The standard InChI is InChI=1S/C22H30N2O4/c1-5-27-20-12-11-19(13-21(20)28-6-2)15(3)24-22(26)23-14-17-7-9-18(10-8-17)16(4)25/h7-13,15-16,25H,5-6,14H2,1-4H3,(H2,23,24,26)/t15-,16+/m0/s1. The van der Waals surface area contributed by atoms with Crippen LogP contribution in [0.5, 0.6) is 11.5 Å². The number of amides is 2. The summed E-state index contributed by atoms with van der Waals surface area (Å²) in [5, 5.41) is 15.3. The van der Waals surface area contributed by atoms with Crippen LogP contribution in [0.15, 0.2) is 42.5 Å². The van der Waals surface area contributed by atoms with Crippen molar-refractivity contribution in [2.75, 3.05) is 13.2 Å². The minimum Gasteiger partial charge on any atom is -0.490 e. The molecule has 0 aliphatic heterocycles. The maximum atomic E-state index is 12.2. The Labute approximate surface area is 166 Å². The van der Waals surface area contributed by atoms with Crippen LogP contribution in [0.1, 0.15) is 56.5 Å². The van der Waals surface area contributed by atoms with Crippen molar-refractivity contribution in [3.63, 3.8) is 0 Å². The molecule has 0 spiro atoms. The Bertz CT molecular complexity index is 760. The first-order valence-corrected chi connectivity index (χ1v) is 9.65. The van der Waals surface area contributed by atoms with Crippen molar-refractivity contribution in [2.45, 2.75) is 46.4 Å². The van der Waals surface area contributed by atoms with E-state index in [1.54, 1.807) is 6.92 Å². The average Bonchev–Trinajstić information content (AvgIpc) is 2.68. The molecule has 0 unspecified atom stereocenters. The molecule has 0 saturated carbocycles. The van der Waals surface area contributed by atoms with Crippen LogP contribution in [0.25, 0.3) is 0 Å². The van der Waals surface area contributed by atoms with E-state index in [1.165, 1.54) is 0 Å². The van der Waals surface area contributed by atoms with Crippen LogP contribution < -0.4 is 20.1 Å². The Balaban J connectivity index is 1.93. The molecule has 2 aromatic carbocycles.